The maximum absolute atomic E-state index is 11.5. The number of benzene rings is 5. The minimum Gasteiger partial charge on any atom is -0.497 e. The van der Waals surface area contributed by atoms with E-state index in [-0.39, 0.29) is 17.7 Å². The van der Waals surface area contributed by atoms with Gasteiger partial charge in [0.05, 0.1) is 57.8 Å². The summed E-state index contributed by atoms with van der Waals surface area (Å²) in [6.45, 7) is 5.64. The number of hydrogen-bond donors (Lipinski definition) is 1. The van der Waals surface area contributed by atoms with Crippen LogP contribution in [0.1, 0.15) is 66.0 Å². The first-order valence-electron chi connectivity index (χ1n) is 19.1. The van der Waals surface area contributed by atoms with Crippen LogP contribution in [0, 0.1) is 15.5 Å². The summed E-state index contributed by atoms with van der Waals surface area (Å²) in [7, 11) is 3.27. The van der Waals surface area contributed by atoms with E-state index in [1.165, 1.54) is 12.1 Å². The summed E-state index contributed by atoms with van der Waals surface area (Å²) in [4.78, 5) is 10.7. The lowest BCUT2D eigenvalue weighted by molar-refractivity contribution is -0.384. The number of rotatable bonds is 15. The maximum atomic E-state index is 11.5. The van der Waals surface area contributed by atoms with Crippen molar-refractivity contribution >= 4 is 5.69 Å². The summed E-state index contributed by atoms with van der Waals surface area (Å²) < 4.78 is 43.4. The summed E-state index contributed by atoms with van der Waals surface area (Å²) in [5.74, 6) is 2.03. The summed E-state index contributed by atoms with van der Waals surface area (Å²) in [5.41, 5.74) is 4.02. The zero-order chi connectivity index (χ0) is 40.0. The summed E-state index contributed by atoms with van der Waals surface area (Å²) in [6.07, 6.45) is -1.63. The van der Waals surface area contributed by atoms with Crippen LogP contribution in [0.3, 0.4) is 0 Å². The fourth-order valence-electron chi connectivity index (χ4n) is 7.38. The first-order chi connectivity index (χ1) is 27.6. The van der Waals surface area contributed by atoms with E-state index in [0.29, 0.717) is 38.4 Å². The monoisotopic (exact) mass is 775 g/mol. The SMILES string of the molecule is COc1ccc(C(OC[C@H]2O[C@@H](c3ccc(C4OCC(C)(C)CO4)c(OCCc4ccc([N+](=O)[O-])cc4)c3)C[C@@H]2O)(c2ccccc2)c2ccc(OC)cc2)cc1. The number of nitro groups is 1. The average Bonchev–Trinajstić information content (AvgIpc) is 3.62. The molecule has 2 fully saturated rings. The van der Waals surface area contributed by atoms with Gasteiger partial charge < -0.3 is 38.3 Å². The standard InChI is InChI=1S/C46H49NO10/c1-45(2)29-54-44(55-30-45)39-23-12-32(26-42(39)53-25-24-31-10-17-36(18-11-31)47(49)50)41-27-40(48)43(57-41)28-56-46(33-8-6-5-7-9-33,34-13-19-37(51-3)20-14-34)35-15-21-38(52-4)22-16-35/h5-23,26,40-41,43-44,48H,24-25,27-30H2,1-4H3/t40-,41+,43+/m0/s1. The molecule has 0 amide bonds. The number of methoxy groups -OCH3 is 2. The highest BCUT2D eigenvalue weighted by atomic mass is 16.7. The van der Waals surface area contributed by atoms with Gasteiger partial charge in [-0.05, 0) is 64.2 Å². The molecule has 0 saturated carbocycles. The van der Waals surface area contributed by atoms with Gasteiger partial charge in [-0.15, -0.1) is 0 Å². The second-order valence-electron chi connectivity index (χ2n) is 15.2. The molecule has 2 saturated heterocycles. The molecule has 0 unspecified atom stereocenters. The number of ether oxygens (including phenoxy) is 7. The van der Waals surface area contributed by atoms with Crippen LogP contribution in [0.15, 0.2) is 121 Å². The lowest BCUT2D eigenvalue weighted by Crippen LogP contribution is -2.38. The van der Waals surface area contributed by atoms with E-state index in [4.69, 9.17) is 33.2 Å². The smallest absolute Gasteiger partial charge is 0.269 e. The third kappa shape index (κ3) is 8.98. The fraction of sp³-hybridized carbons (Fsp3) is 0.348. The van der Waals surface area contributed by atoms with E-state index in [2.05, 4.69) is 13.8 Å². The van der Waals surface area contributed by atoms with Crippen molar-refractivity contribution in [1.82, 2.24) is 0 Å². The largest absolute Gasteiger partial charge is 0.497 e. The minimum absolute atomic E-state index is 0.0406. The number of aliphatic hydroxyl groups is 1. The van der Waals surface area contributed by atoms with Crippen LogP contribution in [-0.2, 0) is 31.0 Å². The van der Waals surface area contributed by atoms with Gasteiger partial charge in [0.2, 0.25) is 0 Å². The third-order valence-corrected chi connectivity index (χ3v) is 10.6. The molecule has 11 nitrogen and oxygen atoms in total. The number of nitro benzene ring substituents is 1. The Morgan fingerprint density at radius 3 is 1.98 bits per heavy atom. The molecule has 2 aliphatic rings. The number of aliphatic hydroxyl groups excluding tert-OH is 1. The van der Waals surface area contributed by atoms with Gasteiger partial charge in [0.15, 0.2) is 6.29 Å². The Kier molecular flexibility index (Phi) is 12.2. The third-order valence-electron chi connectivity index (χ3n) is 10.6. The van der Waals surface area contributed by atoms with Crippen LogP contribution in [0.2, 0.25) is 0 Å². The molecule has 0 aromatic heterocycles. The van der Waals surface area contributed by atoms with Crippen LogP contribution in [-0.4, -0.2) is 62.9 Å². The van der Waals surface area contributed by atoms with Gasteiger partial charge in [0.1, 0.15) is 29.0 Å². The molecular weight excluding hydrogens is 727 g/mol. The Labute approximate surface area is 333 Å². The Balaban J connectivity index is 1.14. The van der Waals surface area contributed by atoms with E-state index in [1.54, 1.807) is 26.4 Å². The topological polar surface area (TPSA) is 128 Å². The van der Waals surface area contributed by atoms with Crippen LogP contribution in [0.4, 0.5) is 5.69 Å². The predicted molar refractivity (Wildman–Crippen MR) is 214 cm³/mol. The molecule has 5 aromatic rings. The highest BCUT2D eigenvalue weighted by Crippen LogP contribution is 2.44. The van der Waals surface area contributed by atoms with E-state index < -0.39 is 35.1 Å². The lowest BCUT2D eigenvalue weighted by Gasteiger charge is -2.37. The molecule has 1 N–H and O–H groups in total. The second-order valence-corrected chi connectivity index (χ2v) is 15.2. The highest BCUT2D eigenvalue weighted by Gasteiger charge is 2.42. The Hall–Kier alpha value is -5.30. The van der Waals surface area contributed by atoms with Crippen molar-refractivity contribution in [2.24, 2.45) is 5.41 Å². The van der Waals surface area contributed by atoms with Crippen molar-refractivity contribution in [1.29, 1.82) is 0 Å². The summed E-state index contributed by atoms with van der Waals surface area (Å²) in [6, 6.07) is 37.9. The second kappa shape index (κ2) is 17.5. The van der Waals surface area contributed by atoms with Gasteiger partial charge in [-0.2, -0.15) is 0 Å². The van der Waals surface area contributed by atoms with Gasteiger partial charge >= 0.3 is 0 Å². The van der Waals surface area contributed by atoms with Crippen LogP contribution in [0.5, 0.6) is 17.2 Å². The van der Waals surface area contributed by atoms with Crippen LogP contribution >= 0.6 is 0 Å². The number of non-ortho nitro benzene ring substituents is 1. The van der Waals surface area contributed by atoms with Crippen molar-refractivity contribution in [3.05, 3.63) is 165 Å². The van der Waals surface area contributed by atoms with Crippen molar-refractivity contribution in [2.75, 3.05) is 40.6 Å². The molecule has 11 heteroatoms. The van der Waals surface area contributed by atoms with Crippen LogP contribution in [0.25, 0.3) is 0 Å². The molecule has 0 bridgehead atoms. The molecule has 0 aliphatic carbocycles. The van der Waals surface area contributed by atoms with Crippen LogP contribution < -0.4 is 14.2 Å². The zero-order valence-electron chi connectivity index (χ0n) is 32.7. The molecule has 2 heterocycles. The first-order valence-corrected chi connectivity index (χ1v) is 19.1. The van der Waals surface area contributed by atoms with Gasteiger partial charge in [-0.1, -0.05) is 86.6 Å². The summed E-state index contributed by atoms with van der Waals surface area (Å²) in [5, 5.41) is 22.6. The Bertz CT molecular complexity index is 2030. The minimum atomic E-state index is -1.07. The Morgan fingerprint density at radius 2 is 1.40 bits per heavy atom. The molecule has 2 aliphatic heterocycles. The molecule has 3 atom stereocenters. The van der Waals surface area contributed by atoms with Crippen molar-refractivity contribution in [3.8, 4) is 17.2 Å². The van der Waals surface area contributed by atoms with Crippen molar-refractivity contribution in [3.63, 3.8) is 0 Å². The van der Waals surface area contributed by atoms with Gasteiger partial charge in [0.25, 0.3) is 5.69 Å². The first kappa shape index (κ1) is 39.9. The molecule has 0 spiro atoms. The number of hydrogen-bond acceptors (Lipinski definition) is 10. The normalized spacial score (nSPS) is 19.6. The van der Waals surface area contributed by atoms with Crippen molar-refractivity contribution in [2.45, 2.75) is 56.9 Å². The molecule has 7 rings (SSSR count). The fourth-order valence-corrected chi connectivity index (χ4v) is 7.38. The van der Waals surface area contributed by atoms with Gasteiger partial charge in [-0.3, -0.25) is 10.1 Å². The van der Waals surface area contributed by atoms with E-state index in [9.17, 15) is 15.2 Å². The average molecular weight is 776 g/mol. The highest BCUT2D eigenvalue weighted by molar-refractivity contribution is 5.50. The molecule has 5 aromatic carbocycles. The predicted octanol–water partition coefficient (Wildman–Crippen LogP) is 8.50. The molecular formula is C46H49NO10. The van der Waals surface area contributed by atoms with E-state index in [1.807, 2.05) is 97.1 Å². The lowest BCUT2D eigenvalue weighted by atomic mass is 9.80. The van der Waals surface area contributed by atoms with E-state index >= 15 is 0 Å². The molecule has 0 radical (unpaired) electrons. The van der Waals surface area contributed by atoms with Crippen molar-refractivity contribution < 1.29 is 43.2 Å². The molecule has 298 valence electrons. The van der Waals surface area contributed by atoms with Gasteiger partial charge in [-0.25, -0.2) is 0 Å². The maximum Gasteiger partial charge on any atom is 0.269 e. The van der Waals surface area contributed by atoms with Gasteiger partial charge in [0, 0.05) is 36.0 Å². The zero-order valence-corrected chi connectivity index (χ0v) is 32.7. The Morgan fingerprint density at radius 1 is 0.807 bits per heavy atom. The van der Waals surface area contributed by atoms with E-state index in [0.717, 1.165) is 44.9 Å². The quantitative estimate of drug-likeness (QED) is 0.0628. The number of nitrogens with zero attached hydrogens (tertiary/aromatic N) is 1. The molecule has 57 heavy (non-hydrogen) atoms. The summed E-state index contributed by atoms with van der Waals surface area (Å²) >= 11 is 0.